The summed E-state index contributed by atoms with van der Waals surface area (Å²) in [4.78, 5) is 0. The van der Waals surface area contributed by atoms with E-state index in [1.807, 2.05) is 0 Å². The van der Waals surface area contributed by atoms with Gasteiger partial charge in [0.25, 0.3) is 0 Å². The quantitative estimate of drug-likeness (QED) is 0.812. The van der Waals surface area contributed by atoms with Crippen LogP contribution >= 0.6 is 0 Å². The fourth-order valence-electron chi connectivity index (χ4n) is 4.12. The molecule has 2 rings (SSSR count). The molecule has 0 spiro atoms. The monoisotopic (exact) mass is 283 g/mol. The third-order valence-electron chi connectivity index (χ3n) is 4.86. The molecule has 0 aromatic carbocycles. The molecule has 3 heteroatoms. The van der Waals surface area contributed by atoms with Crippen LogP contribution in [0.1, 0.15) is 53.4 Å². The van der Waals surface area contributed by atoms with E-state index in [9.17, 15) is 0 Å². The molecule has 4 unspecified atom stereocenters. The summed E-state index contributed by atoms with van der Waals surface area (Å²) in [5.74, 6) is 1.42. The van der Waals surface area contributed by atoms with Crippen molar-refractivity contribution in [3.63, 3.8) is 0 Å². The van der Waals surface area contributed by atoms with Crippen LogP contribution in [-0.2, 0) is 9.47 Å². The number of hydrogen-bond acceptors (Lipinski definition) is 3. The Bertz CT molecular complexity index is 287. The molecule has 1 heterocycles. The summed E-state index contributed by atoms with van der Waals surface area (Å²) in [6.45, 7) is 13.0. The number of rotatable bonds is 6. The molecule has 4 atom stereocenters. The SMILES string of the molecule is CCNC(COC1CC(C)CC(C)(C)C1)C1CCOC1. The van der Waals surface area contributed by atoms with Crippen LogP contribution in [0.4, 0.5) is 0 Å². The van der Waals surface area contributed by atoms with Crippen molar-refractivity contribution in [1.82, 2.24) is 5.32 Å². The standard InChI is InChI=1S/C17H33NO2/c1-5-18-16(14-6-7-19-11-14)12-20-15-8-13(2)9-17(3,4)10-15/h13-16,18H,5-12H2,1-4H3. The third-order valence-corrected chi connectivity index (χ3v) is 4.86. The summed E-state index contributed by atoms with van der Waals surface area (Å²) in [5, 5.41) is 3.59. The van der Waals surface area contributed by atoms with Gasteiger partial charge < -0.3 is 14.8 Å². The van der Waals surface area contributed by atoms with Crippen LogP contribution in [0.25, 0.3) is 0 Å². The van der Waals surface area contributed by atoms with Gasteiger partial charge in [-0.2, -0.15) is 0 Å². The first kappa shape index (κ1) is 16.3. The lowest BCUT2D eigenvalue weighted by Crippen LogP contribution is -2.42. The first-order valence-electron chi connectivity index (χ1n) is 8.43. The van der Waals surface area contributed by atoms with Gasteiger partial charge in [-0.3, -0.25) is 0 Å². The van der Waals surface area contributed by atoms with Gasteiger partial charge in [-0.1, -0.05) is 27.7 Å². The van der Waals surface area contributed by atoms with E-state index < -0.39 is 0 Å². The summed E-state index contributed by atoms with van der Waals surface area (Å²) >= 11 is 0. The summed E-state index contributed by atoms with van der Waals surface area (Å²) in [5.41, 5.74) is 0.437. The van der Waals surface area contributed by atoms with Gasteiger partial charge in [-0.25, -0.2) is 0 Å². The zero-order valence-corrected chi connectivity index (χ0v) is 13.8. The topological polar surface area (TPSA) is 30.5 Å². The lowest BCUT2D eigenvalue weighted by atomic mass is 9.71. The predicted molar refractivity (Wildman–Crippen MR) is 82.9 cm³/mol. The molecular formula is C17H33NO2. The van der Waals surface area contributed by atoms with E-state index in [1.54, 1.807) is 0 Å². The van der Waals surface area contributed by atoms with Gasteiger partial charge >= 0.3 is 0 Å². The Morgan fingerprint density at radius 1 is 1.35 bits per heavy atom. The van der Waals surface area contributed by atoms with Gasteiger partial charge in [-0.05, 0) is 43.6 Å². The van der Waals surface area contributed by atoms with E-state index in [0.717, 1.165) is 32.3 Å². The summed E-state index contributed by atoms with van der Waals surface area (Å²) in [6, 6.07) is 0.461. The fraction of sp³-hybridized carbons (Fsp3) is 1.00. The van der Waals surface area contributed by atoms with Crippen molar-refractivity contribution in [3.05, 3.63) is 0 Å². The van der Waals surface area contributed by atoms with E-state index in [4.69, 9.17) is 9.47 Å². The molecule has 0 aromatic heterocycles. The molecular weight excluding hydrogens is 250 g/mol. The zero-order chi connectivity index (χ0) is 14.6. The molecule has 1 saturated heterocycles. The number of nitrogens with one attached hydrogen (secondary N) is 1. The average Bonchev–Trinajstić information content (AvgIpc) is 2.85. The number of hydrogen-bond donors (Lipinski definition) is 1. The molecule has 2 fully saturated rings. The van der Waals surface area contributed by atoms with Gasteiger partial charge in [-0.15, -0.1) is 0 Å². The van der Waals surface area contributed by atoms with Crippen molar-refractivity contribution in [2.75, 3.05) is 26.4 Å². The maximum atomic E-state index is 6.30. The molecule has 118 valence electrons. The zero-order valence-electron chi connectivity index (χ0n) is 13.8. The Hall–Kier alpha value is -0.120. The Morgan fingerprint density at radius 2 is 2.15 bits per heavy atom. The Kier molecular flexibility index (Phi) is 5.88. The van der Waals surface area contributed by atoms with Crippen LogP contribution in [0.5, 0.6) is 0 Å². The molecule has 1 aliphatic carbocycles. The van der Waals surface area contributed by atoms with E-state index >= 15 is 0 Å². The largest absolute Gasteiger partial charge is 0.381 e. The van der Waals surface area contributed by atoms with Gasteiger partial charge in [0.05, 0.1) is 19.3 Å². The van der Waals surface area contributed by atoms with Crippen LogP contribution in [0.2, 0.25) is 0 Å². The first-order chi connectivity index (χ1) is 9.50. The van der Waals surface area contributed by atoms with E-state index in [-0.39, 0.29) is 0 Å². The molecule has 0 radical (unpaired) electrons. The normalized spacial score (nSPS) is 35.1. The Morgan fingerprint density at radius 3 is 2.75 bits per heavy atom. The van der Waals surface area contributed by atoms with Crippen LogP contribution < -0.4 is 5.32 Å². The molecule has 0 aromatic rings. The lowest BCUT2D eigenvalue weighted by molar-refractivity contribution is -0.0362. The average molecular weight is 283 g/mol. The second kappa shape index (κ2) is 7.24. The van der Waals surface area contributed by atoms with Crippen LogP contribution in [0.15, 0.2) is 0 Å². The molecule has 1 aliphatic heterocycles. The molecule has 1 saturated carbocycles. The van der Waals surface area contributed by atoms with Crippen molar-refractivity contribution < 1.29 is 9.47 Å². The highest BCUT2D eigenvalue weighted by atomic mass is 16.5. The highest BCUT2D eigenvalue weighted by molar-refractivity contribution is 4.85. The minimum absolute atomic E-state index is 0.437. The van der Waals surface area contributed by atoms with Crippen LogP contribution in [0, 0.1) is 17.3 Å². The fourth-order valence-corrected chi connectivity index (χ4v) is 4.12. The van der Waals surface area contributed by atoms with Gasteiger partial charge in [0.2, 0.25) is 0 Å². The minimum Gasteiger partial charge on any atom is -0.381 e. The minimum atomic E-state index is 0.437. The van der Waals surface area contributed by atoms with Gasteiger partial charge in [0.1, 0.15) is 0 Å². The Labute approximate surface area is 124 Å². The molecule has 0 amide bonds. The van der Waals surface area contributed by atoms with E-state index in [2.05, 4.69) is 33.0 Å². The summed E-state index contributed by atoms with van der Waals surface area (Å²) < 4.78 is 11.8. The maximum absolute atomic E-state index is 6.30. The third kappa shape index (κ3) is 4.71. The summed E-state index contributed by atoms with van der Waals surface area (Å²) in [6.07, 6.45) is 5.38. The molecule has 0 bridgehead atoms. The lowest BCUT2D eigenvalue weighted by Gasteiger charge is -2.39. The predicted octanol–water partition coefficient (Wildman–Crippen LogP) is 3.23. The second-order valence-electron chi connectivity index (χ2n) is 7.66. The van der Waals surface area contributed by atoms with Crippen molar-refractivity contribution >= 4 is 0 Å². The van der Waals surface area contributed by atoms with Crippen LogP contribution in [-0.4, -0.2) is 38.5 Å². The maximum Gasteiger partial charge on any atom is 0.0626 e. The van der Waals surface area contributed by atoms with Crippen molar-refractivity contribution in [3.8, 4) is 0 Å². The number of ether oxygens (including phenoxy) is 2. The molecule has 1 N–H and O–H groups in total. The van der Waals surface area contributed by atoms with Crippen LogP contribution in [0.3, 0.4) is 0 Å². The van der Waals surface area contributed by atoms with Crippen molar-refractivity contribution in [2.45, 2.75) is 65.5 Å². The molecule has 2 aliphatic rings. The molecule has 20 heavy (non-hydrogen) atoms. The van der Waals surface area contributed by atoms with Crippen molar-refractivity contribution in [1.29, 1.82) is 0 Å². The highest BCUT2D eigenvalue weighted by Crippen LogP contribution is 2.39. The number of likely N-dealkylation sites (N-methyl/N-ethyl adjacent to an activating group) is 1. The Balaban J connectivity index is 1.82. The van der Waals surface area contributed by atoms with E-state index in [0.29, 0.717) is 23.5 Å². The molecule has 3 nitrogen and oxygen atoms in total. The first-order valence-corrected chi connectivity index (χ1v) is 8.43. The highest BCUT2D eigenvalue weighted by Gasteiger charge is 2.33. The van der Waals surface area contributed by atoms with Crippen molar-refractivity contribution in [2.24, 2.45) is 17.3 Å². The van der Waals surface area contributed by atoms with Gasteiger partial charge in [0, 0.05) is 18.6 Å². The smallest absolute Gasteiger partial charge is 0.0626 e. The second-order valence-corrected chi connectivity index (χ2v) is 7.66. The van der Waals surface area contributed by atoms with Gasteiger partial charge in [0.15, 0.2) is 0 Å². The summed E-state index contributed by atoms with van der Waals surface area (Å²) in [7, 11) is 0. The van der Waals surface area contributed by atoms with E-state index in [1.165, 1.54) is 25.7 Å².